The first-order valence-corrected chi connectivity index (χ1v) is 12.1. The lowest BCUT2D eigenvalue weighted by Gasteiger charge is -2.17. The number of anilines is 1. The predicted octanol–water partition coefficient (Wildman–Crippen LogP) is 3.36. The number of pyridine rings is 1. The van der Waals surface area contributed by atoms with Crippen molar-refractivity contribution in [3.63, 3.8) is 0 Å². The molecule has 6 nitrogen and oxygen atoms in total. The van der Waals surface area contributed by atoms with Crippen molar-refractivity contribution in [2.45, 2.75) is 32.2 Å². The number of hydrogen-bond donors (Lipinski definition) is 3. The number of nitrogens with zero attached hydrogens (tertiary/aromatic N) is 2. The molecule has 0 bridgehead atoms. The van der Waals surface area contributed by atoms with E-state index in [2.05, 4.69) is 82.7 Å². The second-order valence-electron chi connectivity index (χ2n) is 8.49. The number of carbonyl (C=O) groups excluding carboxylic acids is 1. The van der Waals surface area contributed by atoms with E-state index in [0.29, 0.717) is 26.1 Å². The second kappa shape index (κ2) is 13.5. The number of unbranched alkanes of at least 4 members (excludes halogenated alkanes) is 2. The maximum absolute atomic E-state index is 11.8. The van der Waals surface area contributed by atoms with Crippen molar-refractivity contribution in [3.8, 4) is 0 Å². The Morgan fingerprint density at radius 3 is 2.59 bits per heavy atom. The number of aliphatic hydroxyl groups excluding tert-OH is 1. The fourth-order valence-electron chi connectivity index (χ4n) is 4.01. The van der Waals surface area contributed by atoms with Crippen LogP contribution in [0.15, 0.2) is 60.7 Å². The Morgan fingerprint density at radius 2 is 1.82 bits per heavy atom. The van der Waals surface area contributed by atoms with E-state index in [1.807, 2.05) is 11.9 Å². The minimum atomic E-state index is 0.0838. The first kappa shape index (κ1) is 25.4. The number of para-hydroxylation sites is 1. The molecule has 0 saturated carbocycles. The van der Waals surface area contributed by atoms with E-state index in [9.17, 15) is 4.79 Å². The van der Waals surface area contributed by atoms with E-state index < -0.39 is 0 Å². The standard InChI is InChI=1S/C28H36N4O2/c1-31(21-22-33)25-14-10-23(11-15-25)12-16-26-17-13-24-7-4-5-8-27(24)32(26)20-6-2-3-9-28(34)30-19-18-29/h4-5,7-8,10-17,33H,2-3,6,9,18-22,29H2,1H3/p+1. The Bertz CT molecular complexity index is 1080. The van der Waals surface area contributed by atoms with Crippen LogP contribution in [0, 0.1) is 0 Å². The van der Waals surface area contributed by atoms with Gasteiger partial charge in [0.2, 0.25) is 17.1 Å². The molecule has 6 heteroatoms. The lowest BCUT2D eigenvalue weighted by atomic mass is 10.1. The second-order valence-corrected chi connectivity index (χ2v) is 8.49. The molecule has 1 aromatic heterocycles. The molecule has 0 aliphatic heterocycles. The van der Waals surface area contributed by atoms with Gasteiger partial charge < -0.3 is 21.1 Å². The van der Waals surface area contributed by atoms with Gasteiger partial charge in [-0.2, -0.15) is 4.57 Å². The van der Waals surface area contributed by atoms with Gasteiger partial charge in [-0.1, -0.05) is 24.3 Å². The maximum Gasteiger partial charge on any atom is 0.220 e. The van der Waals surface area contributed by atoms with E-state index >= 15 is 0 Å². The number of aliphatic hydroxyl groups is 1. The number of aryl methyl sites for hydroxylation is 1. The van der Waals surface area contributed by atoms with E-state index in [1.54, 1.807) is 0 Å². The lowest BCUT2D eigenvalue weighted by molar-refractivity contribution is -0.673. The number of nitrogens with two attached hydrogens (primary N) is 1. The SMILES string of the molecule is CN(CCO)c1ccc(/C=C/c2ccc3ccccc3[n+]2CCCCCC(=O)NCCN)cc1. The summed E-state index contributed by atoms with van der Waals surface area (Å²) in [5.74, 6) is 0.0838. The number of rotatable bonds is 13. The van der Waals surface area contributed by atoms with Crippen molar-refractivity contribution >= 4 is 34.6 Å². The van der Waals surface area contributed by atoms with Gasteiger partial charge in [-0.05, 0) is 48.7 Å². The van der Waals surface area contributed by atoms with Crippen LogP contribution in [0.5, 0.6) is 0 Å². The summed E-state index contributed by atoms with van der Waals surface area (Å²) >= 11 is 0. The van der Waals surface area contributed by atoms with Gasteiger partial charge in [0.1, 0.15) is 6.54 Å². The highest BCUT2D eigenvalue weighted by atomic mass is 16.3. The van der Waals surface area contributed by atoms with Crippen LogP contribution in [0.1, 0.15) is 36.9 Å². The predicted molar refractivity (Wildman–Crippen MR) is 140 cm³/mol. The molecule has 0 aliphatic carbocycles. The molecule has 3 rings (SSSR count). The molecule has 3 aromatic rings. The van der Waals surface area contributed by atoms with Crippen LogP contribution in [0.3, 0.4) is 0 Å². The van der Waals surface area contributed by atoms with Crippen LogP contribution in [-0.2, 0) is 11.3 Å². The Morgan fingerprint density at radius 1 is 1.03 bits per heavy atom. The summed E-state index contributed by atoms with van der Waals surface area (Å²) in [6.07, 6.45) is 7.74. The summed E-state index contributed by atoms with van der Waals surface area (Å²) in [5, 5.41) is 13.2. The zero-order valence-electron chi connectivity index (χ0n) is 20.1. The third-order valence-electron chi connectivity index (χ3n) is 5.94. The van der Waals surface area contributed by atoms with Crippen molar-refractivity contribution in [1.82, 2.24) is 5.32 Å². The van der Waals surface area contributed by atoms with Gasteiger partial charge in [0.15, 0.2) is 0 Å². The van der Waals surface area contributed by atoms with Crippen molar-refractivity contribution in [3.05, 3.63) is 71.9 Å². The smallest absolute Gasteiger partial charge is 0.220 e. The molecule has 0 fully saturated rings. The molecule has 4 N–H and O–H groups in total. The van der Waals surface area contributed by atoms with E-state index in [-0.39, 0.29) is 12.5 Å². The molecule has 1 heterocycles. The van der Waals surface area contributed by atoms with Crippen molar-refractivity contribution in [1.29, 1.82) is 0 Å². The van der Waals surface area contributed by atoms with Gasteiger partial charge in [-0.3, -0.25) is 4.79 Å². The number of likely N-dealkylation sites (N-methyl/N-ethyl adjacent to an activating group) is 1. The zero-order chi connectivity index (χ0) is 24.2. The van der Waals surface area contributed by atoms with E-state index in [0.717, 1.165) is 42.8 Å². The number of carbonyl (C=O) groups is 1. The van der Waals surface area contributed by atoms with Crippen LogP contribution >= 0.6 is 0 Å². The number of fused-ring (bicyclic) bond motifs is 1. The quantitative estimate of drug-likeness (QED) is 0.269. The van der Waals surface area contributed by atoms with E-state index in [4.69, 9.17) is 10.8 Å². The summed E-state index contributed by atoms with van der Waals surface area (Å²) in [4.78, 5) is 13.8. The molecular formula is C28H37N4O2+. The Balaban J connectivity index is 1.69. The highest BCUT2D eigenvalue weighted by Crippen LogP contribution is 2.17. The molecule has 0 saturated heterocycles. The number of amides is 1. The molecule has 0 unspecified atom stereocenters. The van der Waals surface area contributed by atoms with Crippen LogP contribution in [0.2, 0.25) is 0 Å². The Labute approximate surface area is 202 Å². The minimum Gasteiger partial charge on any atom is -0.395 e. The Hall–Kier alpha value is -3.22. The summed E-state index contributed by atoms with van der Waals surface area (Å²) in [5.41, 5.74) is 10.0. The summed E-state index contributed by atoms with van der Waals surface area (Å²) in [6.45, 7) is 2.68. The number of hydrogen-bond acceptors (Lipinski definition) is 4. The highest BCUT2D eigenvalue weighted by Gasteiger charge is 2.13. The van der Waals surface area contributed by atoms with Crippen LogP contribution < -0.4 is 20.5 Å². The zero-order valence-corrected chi connectivity index (χ0v) is 20.1. The van der Waals surface area contributed by atoms with Gasteiger partial charge in [-0.25, -0.2) is 0 Å². The van der Waals surface area contributed by atoms with Gasteiger partial charge >= 0.3 is 0 Å². The molecule has 180 valence electrons. The number of benzene rings is 2. The average molecular weight is 462 g/mol. The average Bonchev–Trinajstić information content (AvgIpc) is 2.86. The topological polar surface area (TPSA) is 82.5 Å². The fourth-order valence-corrected chi connectivity index (χ4v) is 4.01. The third kappa shape index (κ3) is 7.40. The van der Waals surface area contributed by atoms with Crippen LogP contribution in [0.25, 0.3) is 23.1 Å². The fraction of sp³-hybridized carbons (Fsp3) is 0.357. The van der Waals surface area contributed by atoms with Gasteiger partial charge in [-0.15, -0.1) is 0 Å². The molecule has 1 amide bonds. The minimum absolute atomic E-state index is 0.0838. The summed E-state index contributed by atoms with van der Waals surface area (Å²) < 4.78 is 2.36. The van der Waals surface area contributed by atoms with Gasteiger partial charge in [0.05, 0.1) is 6.61 Å². The lowest BCUT2D eigenvalue weighted by Crippen LogP contribution is -2.38. The summed E-state index contributed by atoms with van der Waals surface area (Å²) in [7, 11) is 1.98. The molecule has 0 spiro atoms. The monoisotopic (exact) mass is 461 g/mol. The van der Waals surface area contributed by atoms with Crippen LogP contribution in [0.4, 0.5) is 5.69 Å². The normalized spacial score (nSPS) is 11.3. The van der Waals surface area contributed by atoms with Crippen molar-refractivity contribution in [2.75, 3.05) is 38.2 Å². The van der Waals surface area contributed by atoms with E-state index in [1.165, 1.54) is 10.9 Å². The van der Waals surface area contributed by atoms with Gasteiger partial charge in [0.25, 0.3) is 0 Å². The molecular weight excluding hydrogens is 424 g/mol. The molecule has 0 atom stereocenters. The first-order chi connectivity index (χ1) is 16.6. The third-order valence-corrected chi connectivity index (χ3v) is 5.94. The number of aromatic nitrogens is 1. The highest BCUT2D eigenvalue weighted by molar-refractivity contribution is 5.77. The van der Waals surface area contributed by atoms with Crippen molar-refractivity contribution < 1.29 is 14.5 Å². The first-order valence-electron chi connectivity index (χ1n) is 12.1. The summed E-state index contributed by atoms with van der Waals surface area (Å²) in [6, 6.07) is 21.1. The number of nitrogens with one attached hydrogen (secondary N) is 1. The Kier molecular flexibility index (Phi) is 10.1. The maximum atomic E-state index is 11.8. The molecule has 2 aromatic carbocycles. The van der Waals surface area contributed by atoms with Gasteiger partial charge in [0, 0.05) is 68.8 Å². The molecule has 34 heavy (non-hydrogen) atoms. The van der Waals surface area contributed by atoms with Crippen LogP contribution in [-0.4, -0.2) is 44.3 Å². The largest absolute Gasteiger partial charge is 0.395 e. The molecule has 0 radical (unpaired) electrons. The molecule has 0 aliphatic rings. The van der Waals surface area contributed by atoms with Crippen molar-refractivity contribution in [2.24, 2.45) is 5.73 Å².